The molecule has 0 aromatic carbocycles. The molecule has 4 nitrogen and oxygen atoms in total. The minimum Gasteiger partial charge on any atom is -0.446 e. The maximum atomic E-state index is 11.4. The lowest BCUT2D eigenvalue weighted by molar-refractivity contribution is -0.0828. The molecule has 1 rings (SSSR count). The first-order valence-corrected chi connectivity index (χ1v) is 6.89. The molecule has 0 saturated carbocycles. The zero-order chi connectivity index (χ0) is 14.0. The van der Waals surface area contributed by atoms with Crippen LogP contribution in [0.1, 0.15) is 53.9 Å². The molecule has 1 N–H and O–H groups in total. The lowest BCUT2D eigenvalue weighted by Gasteiger charge is -2.54. The normalized spacial score (nSPS) is 23.7. The van der Waals surface area contributed by atoms with Crippen molar-refractivity contribution in [1.82, 2.24) is 10.2 Å². The molecular weight excluding hydrogens is 228 g/mol. The smallest absolute Gasteiger partial charge is 0.407 e. The van der Waals surface area contributed by atoms with E-state index in [9.17, 15) is 4.79 Å². The van der Waals surface area contributed by atoms with Crippen LogP contribution in [-0.2, 0) is 4.74 Å². The number of nitrogens with zero attached hydrogens (tertiary/aromatic N) is 1. The molecule has 4 heteroatoms. The fraction of sp³-hybridized carbons (Fsp3) is 0.929. The Morgan fingerprint density at radius 1 is 1.28 bits per heavy atom. The summed E-state index contributed by atoms with van der Waals surface area (Å²) in [5, 5.41) is 2.53. The zero-order valence-corrected chi connectivity index (χ0v) is 12.7. The third-order valence-corrected chi connectivity index (χ3v) is 3.84. The predicted molar refractivity (Wildman–Crippen MR) is 73.7 cm³/mol. The van der Waals surface area contributed by atoms with Crippen molar-refractivity contribution >= 4 is 6.09 Å². The topological polar surface area (TPSA) is 41.6 Å². The lowest BCUT2D eigenvalue weighted by atomic mass is 9.78. The van der Waals surface area contributed by atoms with Crippen LogP contribution in [0.2, 0.25) is 0 Å². The summed E-state index contributed by atoms with van der Waals surface area (Å²) in [7, 11) is 1.60. The van der Waals surface area contributed by atoms with E-state index in [1.165, 1.54) is 0 Å². The first-order chi connectivity index (χ1) is 8.23. The van der Waals surface area contributed by atoms with E-state index in [1.54, 1.807) is 7.05 Å². The molecule has 106 valence electrons. The first-order valence-electron chi connectivity index (χ1n) is 6.89. The van der Waals surface area contributed by atoms with Crippen LogP contribution in [0.4, 0.5) is 4.79 Å². The molecule has 1 amide bonds. The number of nitrogens with one attached hydrogen (secondary N) is 1. The quantitative estimate of drug-likeness (QED) is 0.844. The highest BCUT2D eigenvalue weighted by Gasteiger charge is 2.45. The fourth-order valence-corrected chi connectivity index (χ4v) is 3.35. The zero-order valence-electron chi connectivity index (χ0n) is 12.7. The highest BCUT2D eigenvalue weighted by atomic mass is 16.6. The van der Waals surface area contributed by atoms with Crippen LogP contribution < -0.4 is 5.32 Å². The van der Waals surface area contributed by atoms with Crippen LogP contribution in [0.5, 0.6) is 0 Å². The van der Waals surface area contributed by atoms with Crippen LogP contribution in [0.15, 0.2) is 0 Å². The van der Waals surface area contributed by atoms with Crippen molar-refractivity contribution in [2.24, 2.45) is 0 Å². The number of hydrogen-bond donors (Lipinski definition) is 1. The van der Waals surface area contributed by atoms with Gasteiger partial charge in [-0.25, -0.2) is 4.79 Å². The Hall–Kier alpha value is -0.770. The molecule has 0 aromatic rings. The molecule has 0 aromatic heterocycles. The van der Waals surface area contributed by atoms with E-state index in [2.05, 4.69) is 44.8 Å². The van der Waals surface area contributed by atoms with Gasteiger partial charge in [-0.15, -0.1) is 0 Å². The number of likely N-dealkylation sites (tertiary alicyclic amines) is 1. The summed E-state index contributed by atoms with van der Waals surface area (Å²) in [6, 6.07) is 0. The summed E-state index contributed by atoms with van der Waals surface area (Å²) in [6.07, 6.45) is 2.61. The molecule has 1 saturated heterocycles. The molecule has 18 heavy (non-hydrogen) atoms. The van der Waals surface area contributed by atoms with Crippen LogP contribution >= 0.6 is 0 Å². The van der Waals surface area contributed by atoms with Gasteiger partial charge in [-0.2, -0.15) is 0 Å². The summed E-state index contributed by atoms with van der Waals surface area (Å²) in [5.74, 6) is 0. The Morgan fingerprint density at radius 2 is 1.78 bits per heavy atom. The van der Waals surface area contributed by atoms with Gasteiger partial charge in [0.2, 0.25) is 0 Å². The molecule has 1 heterocycles. The number of hydrogen-bond acceptors (Lipinski definition) is 3. The molecule has 1 aliphatic rings. The van der Waals surface area contributed by atoms with E-state index in [0.29, 0.717) is 0 Å². The van der Waals surface area contributed by atoms with E-state index in [1.807, 2.05) is 0 Å². The van der Waals surface area contributed by atoms with Crippen molar-refractivity contribution in [3.8, 4) is 0 Å². The second-order valence-electron chi connectivity index (χ2n) is 6.46. The Balaban J connectivity index is 2.80. The van der Waals surface area contributed by atoms with Gasteiger partial charge in [-0.3, -0.25) is 4.90 Å². The largest absolute Gasteiger partial charge is 0.446 e. The predicted octanol–water partition coefficient (Wildman–Crippen LogP) is 2.77. The first kappa shape index (κ1) is 15.3. The highest BCUT2D eigenvalue weighted by Crippen LogP contribution is 2.39. The van der Waals surface area contributed by atoms with Gasteiger partial charge in [-0.05, 0) is 40.7 Å². The third kappa shape index (κ3) is 3.37. The average Bonchev–Trinajstić information content (AvgIpc) is 2.22. The molecule has 0 radical (unpaired) electrons. The average molecular weight is 256 g/mol. The number of ether oxygens (including phenoxy) is 1. The van der Waals surface area contributed by atoms with E-state index in [4.69, 9.17) is 4.74 Å². The number of carbonyl (C=O) groups excluding carboxylic acids is 1. The Bertz CT molecular complexity index is 282. The molecule has 0 aliphatic carbocycles. The molecular formula is C14H28N2O2. The minimum absolute atomic E-state index is 0.00283. The summed E-state index contributed by atoms with van der Waals surface area (Å²) in [6.45, 7) is 12.3. The summed E-state index contributed by atoms with van der Waals surface area (Å²) >= 11 is 0. The van der Waals surface area contributed by atoms with Gasteiger partial charge in [0.15, 0.2) is 0 Å². The van der Waals surface area contributed by atoms with Crippen LogP contribution in [-0.4, -0.2) is 41.8 Å². The van der Waals surface area contributed by atoms with Gasteiger partial charge in [0.25, 0.3) is 0 Å². The Morgan fingerprint density at radius 3 is 2.17 bits per heavy atom. The van der Waals surface area contributed by atoms with Crippen molar-refractivity contribution in [3.05, 3.63) is 0 Å². The van der Waals surface area contributed by atoms with Crippen molar-refractivity contribution in [1.29, 1.82) is 0 Å². The van der Waals surface area contributed by atoms with Gasteiger partial charge in [0, 0.05) is 31.0 Å². The SMILES string of the molecule is CCCN1C(C)(C)CC(OC(=O)NC)CC1(C)C. The van der Waals surface area contributed by atoms with Crippen LogP contribution in [0, 0.1) is 0 Å². The van der Waals surface area contributed by atoms with Gasteiger partial charge in [0.1, 0.15) is 6.10 Å². The van der Waals surface area contributed by atoms with Gasteiger partial charge in [0.05, 0.1) is 0 Å². The standard InChI is InChI=1S/C14H28N2O2/c1-7-8-16-13(2,3)9-11(10-14(16,4)5)18-12(17)15-6/h11H,7-10H2,1-6H3,(H,15,17). The summed E-state index contributed by atoms with van der Waals surface area (Å²) in [5.41, 5.74) is 0.132. The Labute approximate surface area is 111 Å². The maximum Gasteiger partial charge on any atom is 0.407 e. The summed E-state index contributed by atoms with van der Waals surface area (Å²) in [4.78, 5) is 13.9. The third-order valence-electron chi connectivity index (χ3n) is 3.84. The van der Waals surface area contributed by atoms with Gasteiger partial charge in [-0.1, -0.05) is 6.92 Å². The van der Waals surface area contributed by atoms with Gasteiger partial charge < -0.3 is 10.1 Å². The highest BCUT2D eigenvalue weighted by molar-refractivity contribution is 5.66. The number of carbonyl (C=O) groups is 1. The molecule has 0 unspecified atom stereocenters. The fourth-order valence-electron chi connectivity index (χ4n) is 3.35. The van der Waals surface area contributed by atoms with Crippen molar-refractivity contribution in [2.45, 2.75) is 71.1 Å². The number of rotatable bonds is 3. The second kappa shape index (κ2) is 5.47. The van der Waals surface area contributed by atoms with Crippen LogP contribution in [0.25, 0.3) is 0 Å². The summed E-state index contributed by atoms with van der Waals surface area (Å²) < 4.78 is 5.46. The van der Waals surface area contributed by atoms with E-state index in [-0.39, 0.29) is 23.3 Å². The molecule has 0 spiro atoms. The second-order valence-corrected chi connectivity index (χ2v) is 6.46. The van der Waals surface area contributed by atoms with Crippen molar-refractivity contribution < 1.29 is 9.53 Å². The number of piperidine rings is 1. The number of amides is 1. The lowest BCUT2D eigenvalue weighted by Crippen LogP contribution is -2.62. The molecule has 1 fully saturated rings. The molecule has 0 bridgehead atoms. The monoisotopic (exact) mass is 256 g/mol. The number of alkyl carbamates (subject to hydrolysis) is 1. The maximum absolute atomic E-state index is 11.4. The molecule has 0 atom stereocenters. The van der Waals surface area contributed by atoms with Crippen LogP contribution in [0.3, 0.4) is 0 Å². The van der Waals surface area contributed by atoms with Gasteiger partial charge >= 0.3 is 6.09 Å². The Kier molecular flexibility index (Phi) is 4.65. The minimum atomic E-state index is -0.324. The van der Waals surface area contributed by atoms with E-state index < -0.39 is 0 Å². The van der Waals surface area contributed by atoms with E-state index >= 15 is 0 Å². The molecule has 1 aliphatic heterocycles. The van der Waals surface area contributed by atoms with Crippen molar-refractivity contribution in [2.75, 3.05) is 13.6 Å². The van der Waals surface area contributed by atoms with Crippen molar-refractivity contribution in [3.63, 3.8) is 0 Å². The van der Waals surface area contributed by atoms with E-state index in [0.717, 1.165) is 25.8 Å².